The van der Waals surface area contributed by atoms with Gasteiger partial charge >= 0.3 is 0 Å². The maximum absolute atomic E-state index is 12.9. The molecule has 2 unspecified atom stereocenters. The molecule has 0 aromatic heterocycles. The maximum Gasteiger partial charge on any atom is 0.193 e. The van der Waals surface area contributed by atoms with Gasteiger partial charge in [0, 0.05) is 14.1 Å². The predicted octanol–water partition coefficient (Wildman–Crippen LogP) is 6.51. The Kier molecular flexibility index (Phi) is 11.5. The fraction of sp³-hybridized carbons (Fsp3) is 0.520. The van der Waals surface area contributed by atoms with Gasteiger partial charge in [-0.1, -0.05) is 67.5 Å². The smallest absolute Gasteiger partial charge is 0.193 e. The summed E-state index contributed by atoms with van der Waals surface area (Å²) in [7, 11) is -2.49. The van der Waals surface area contributed by atoms with Gasteiger partial charge in [0.15, 0.2) is 20.0 Å². The molecule has 0 amide bonds. The summed E-state index contributed by atoms with van der Waals surface area (Å²) in [5.41, 5.74) is 2.23. The van der Waals surface area contributed by atoms with Crippen LogP contribution in [-0.2, 0) is 28.4 Å². The van der Waals surface area contributed by atoms with E-state index in [0.29, 0.717) is 23.0 Å². The first-order valence-corrected chi connectivity index (χ1v) is 14.4. The summed E-state index contributed by atoms with van der Waals surface area (Å²) in [6.07, 6.45) is 7.10. The zero-order chi connectivity index (χ0) is 24.2. The summed E-state index contributed by atoms with van der Waals surface area (Å²) in [6.45, 7) is 4.86. The first-order valence-electron chi connectivity index (χ1n) is 11.6. The Morgan fingerprint density at radius 3 is 1.18 bits per heavy atom. The highest BCUT2D eigenvalue weighted by molar-refractivity contribution is 7.89. The van der Waals surface area contributed by atoms with E-state index in [1.54, 1.807) is 14.1 Å². The molecule has 0 aliphatic rings. The van der Waals surface area contributed by atoms with Gasteiger partial charge in [0.05, 0.1) is 23.0 Å². The highest BCUT2D eigenvalue weighted by Crippen LogP contribution is 2.18. The summed E-state index contributed by atoms with van der Waals surface area (Å²) >= 11 is 0. The van der Waals surface area contributed by atoms with E-state index in [2.05, 4.69) is 8.73 Å². The van der Waals surface area contributed by atoms with Crippen LogP contribution in [0.2, 0.25) is 0 Å². The lowest BCUT2D eigenvalue weighted by molar-refractivity contribution is 0.321. The average Bonchev–Trinajstić information content (AvgIpc) is 2.83. The van der Waals surface area contributed by atoms with Crippen LogP contribution in [0.1, 0.15) is 56.1 Å². The SMILES string of the molecule is CN=S(=O)(OCCCCCCCCCOS(=O)(=NC)c1ccc(C)cc1)c1ccc(C)cc1. The van der Waals surface area contributed by atoms with Crippen molar-refractivity contribution in [3.63, 3.8) is 0 Å². The van der Waals surface area contributed by atoms with Crippen LogP contribution >= 0.6 is 0 Å². The molecule has 0 saturated carbocycles. The first kappa shape index (κ1) is 27.5. The molecular formula is C25H38N2O4S2. The van der Waals surface area contributed by atoms with E-state index in [0.717, 1.165) is 56.1 Å². The quantitative estimate of drug-likeness (QED) is 0.280. The molecule has 0 aliphatic carbocycles. The van der Waals surface area contributed by atoms with Crippen molar-refractivity contribution >= 4 is 20.0 Å². The monoisotopic (exact) mass is 494 g/mol. The van der Waals surface area contributed by atoms with E-state index in [4.69, 9.17) is 8.37 Å². The Balaban J connectivity index is 1.57. The second-order valence-electron chi connectivity index (χ2n) is 8.06. The van der Waals surface area contributed by atoms with Gasteiger partial charge in [-0.05, 0) is 51.0 Å². The molecule has 0 spiro atoms. The summed E-state index contributed by atoms with van der Waals surface area (Å²) in [4.78, 5) is 1.25. The molecule has 0 aliphatic heterocycles. The lowest BCUT2D eigenvalue weighted by Gasteiger charge is -2.11. The van der Waals surface area contributed by atoms with E-state index < -0.39 is 20.0 Å². The van der Waals surface area contributed by atoms with Gasteiger partial charge in [0.2, 0.25) is 0 Å². The molecule has 6 nitrogen and oxygen atoms in total. The minimum atomic E-state index is -2.79. The van der Waals surface area contributed by atoms with Gasteiger partial charge in [0.25, 0.3) is 0 Å². The molecule has 0 saturated heterocycles. The minimum Gasteiger partial charge on any atom is -0.281 e. The van der Waals surface area contributed by atoms with E-state index in [1.165, 1.54) is 0 Å². The van der Waals surface area contributed by atoms with Crippen LogP contribution in [0.5, 0.6) is 0 Å². The van der Waals surface area contributed by atoms with Crippen LogP contribution in [0.4, 0.5) is 0 Å². The van der Waals surface area contributed by atoms with Gasteiger partial charge in [-0.25, -0.2) is 17.1 Å². The van der Waals surface area contributed by atoms with Crippen LogP contribution < -0.4 is 0 Å². The van der Waals surface area contributed by atoms with Crippen molar-refractivity contribution in [1.29, 1.82) is 0 Å². The molecule has 0 heterocycles. The second kappa shape index (κ2) is 13.8. The van der Waals surface area contributed by atoms with Crippen molar-refractivity contribution in [3.05, 3.63) is 59.7 Å². The second-order valence-corrected chi connectivity index (χ2v) is 12.1. The largest absolute Gasteiger partial charge is 0.281 e. The Hall–Kier alpha value is -1.74. The van der Waals surface area contributed by atoms with Gasteiger partial charge < -0.3 is 0 Å². The molecule has 2 aromatic carbocycles. The lowest BCUT2D eigenvalue weighted by atomic mass is 10.1. The number of hydrogen-bond acceptors (Lipinski definition) is 6. The number of nitrogens with zero attached hydrogens (tertiary/aromatic N) is 2. The van der Waals surface area contributed by atoms with Crippen molar-refractivity contribution < 1.29 is 16.8 Å². The van der Waals surface area contributed by atoms with Gasteiger partial charge in [-0.3, -0.25) is 8.37 Å². The number of unbranched alkanes of at least 4 members (excludes halogenated alkanes) is 6. The zero-order valence-corrected chi connectivity index (χ0v) is 22.0. The van der Waals surface area contributed by atoms with Gasteiger partial charge in [-0.15, -0.1) is 0 Å². The van der Waals surface area contributed by atoms with Crippen LogP contribution in [0.25, 0.3) is 0 Å². The molecule has 33 heavy (non-hydrogen) atoms. The van der Waals surface area contributed by atoms with Gasteiger partial charge in [-0.2, -0.15) is 0 Å². The van der Waals surface area contributed by atoms with E-state index in [9.17, 15) is 8.42 Å². The first-order chi connectivity index (χ1) is 15.8. The molecular weight excluding hydrogens is 456 g/mol. The molecule has 8 heteroatoms. The zero-order valence-electron chi connectivity index (χ0n) is 20.3. The maximum atomic E-state index is 12.9. The molecule has 184 valence electrons. The Morgan fingerprint density at radius 2 is 0.879 bits per heavy atom. The third-order valence-corrected chi connectivity index (χ3v) is 9.06. The van der Waals surface area contributed by atoms with E-state index in [-0.39, 0.29) is 0 Å². The molecule has 0 radical (unpaired) electrons. The Morgan fingerprint density at radius 1 is 0.576 bits per heavy atom. The summed E-state index contributed by atoms with van der Waals surface area (Å²) < 4.78 is 45.1. The van der Waals surface area contributed by atoms with E-state index in [1.807, 2.05) is 62.4 Å². The summed E-state index contributed by atoms with van der Waals surface area (Å²) in [6, 6.07) is 15.0. The molecule has 0 N–H and O–H groups in total. The highest BCUT2D eigenvalue weighted by Gasteiger charge is 2.13. The molecule has 0 bridgehead atoms. The number of hydrogen-bond donors (Lipinski definition) is 0. The van der Waals surface area contributed by atoms with Gasteiger partial charge in [0.1, 0.15) is 0 Å². The normalized spacial score (nSPS) is 14.9. The predicted molar refractivity (Wildman–Crippen MR) is 136 cm³/mol. The van der Waals surface area contributed by atoms with Crippen LogP contribution in [0, 0.1) is 13.8 Å². The van der Waals surface area contributed by atoms with Crippen LogP contribution in [0.3, 0.4) is 0 Å². The standard InChI is InChI=1S/C25H38N2O4S2/c1-22-12-16-24(17-13-22)32(28,26-3)30-20-10-8-6-5-7-9-11-21-31-33(29,27-4)25-18-14-23(2)15-19-25/h12-19H,5-11,20-21H2,1-4H3. The van der Waals surface area contributed by atoms with Crippen molar-refractivity contribution in [1.82, 2.24) is 0 Å². The third kappa shape index (κ3) is 8.85. The molecule has 2 rings (SSSR count). The minimum absolute atomic E-state index is 0.436. The number of rotatable bonds is 14. The Labute approximate surface area is 200 Å². The number of aryl methyl sites for hydroxylation is 2. The lowest BCUT2D eigenvalue weighted by Crippen LogP contribution is -2.08. The highest BCUT2D eigenvalue weighted by atomic mass is 32.2. The third-order valence-electron chi connectivity index (χ3n) is 5.39. The summed E-state index contributed by atoms with van der Waals surface area (Å²) in [5, 5.41) is 0. The van der Waals surface area contributed by atoms with Crippen molar-refractivity contribution in [3.8, 4) is 0 Å². The van der Waals surface area contributed by atoms with Crippen LogP contribution in [0.15, 0.2) is 67.0 Å². The number of benzene rings is 2. The Bertz CT molecular complexity index is 993. The van der Waals surface area contributed by atoms with Crippen molar-refractivity contribution in [2.45, 2.75) is 68.6 Å². The molecule has 2 atom stereocenters. The van der Waals surface area contributed by atoms with Crippen molar-refractivity contribution in [2.75, 3.05) is 27.3 Å². The van der Waals surface area contributed by atoms with E-state index >= 15 is 0 Å². The summed E-state index contributed by atoms with van der Waals surface area (Å²) in [5.74, 6) is 0. The molecule has 2 aromatic rings. The average molecular weight is 495 g/mol. The fourth-order valence-electron chi connectivity index (χ4n) is 3.30. The van der Waals surface area contributed by atoms with Crippen LogP contribution in [-0.4, -0.2) is 35.7 Å². The fourth-order valence-corrected chi connectivity index (χ4v) is 5.86. The van der Waals surface area contributed by atoms with Crippen molar-refractivity contribution in [2.24, 2.45) is 8.73 Å². The molecule has 0 fully saturated rings. The topological polar surface area (TPSA) is 77.3 Å².